The molecule has 0 radical (unpaired) electrons. The lowest BCUT2D eigenvalue weighted by Crippen LogP contribution is -2.46. The number of aliphatic hydroxyl groups excluding tert-OH is 2. The van der Waals surface area contributed by atoms with Gasteiger partial charge in [0.05, 0.1) is 6.10 Å². The largest absolute Gasteiger partial charge is 0.396 e. The molecule has 2 nitrogen and oxygen atoms in total. The highest BCUT2D eigenvalue weighted by Gasteiger charge is 2.56. The first-order valence-electron chi connectivity index (χ1n) is 12.5. The summed E-state index contributed by atoms with van der Waals surface area (Å²) in [5.74, 6) is 3.58. The molecular weight excluding hydrogens is 356 g/mol. The van der Waals surface area contributed by atoms with Crippen LogP contribution < -0.4 is 0 Å². The normalized spacial score (nSPS) is 43.5. The van der Waals surface area contributed by atoms with Crippen molar-refractivity contribution in [3.8, 4) is 0 Å². The van der Waals surface area contributed by atoms with Crippen molar-refractivity contribution in [2.45, 2.75) is 98.0 Å². The van der Waals surface area contributed by atoms with Gasteiger partial charge in [-0.25, -0.2) is 0 Å². The maximum absolute atomic E-state index is 10.2. The van der Waals surface area contributed by atoms with Gasteiger partial charge in [-0.15, -0.1) is 0 Å². The van der Waals surface area contributed by atoms with E-state index >= 15 is 0 Å². The Morgan fingerprint density at radius 1 is 1.00 bits per heavy atom. The highest BCUT2D eigenvalue weighted by molar-refractivity contribution is 5.38. The maximum atomic E-state index is 10.2. The minimum Gasteiger partial charge on any atom is -0.396 e. The molecule has 2 heteroatoms. The zero-order valence-corrected chi connectivity index (χ0v) is 19.3. The average Bonchev–Trinajstić information content (AvgIpc) is 3.05. The van der Waals surface area contributed by atoms with E-state index in [1.165, 1.54) is 50.5 Å². The summed E-state index contributed by atoms with van der Waals surface area (Å²) in [6, 6.07) is 0. The zero-order chi connectivity index (χ0) is 20.8. The molecule has 4 rings (SSSR count). The van der Waals surface area contributed by atoms with Crippen molar-refractivity contribution in [1.29, 1.82) is 0 Å². The number of hydrogen-bond acceptors (Lipinski definition) is 2. The van der Waals surface area contributed by atoms with E-state index in [4.69, 9.17) is 0 Å². The second kappa shape index (κ2) is 8.15. The third-order valence-electron chi connectivity index (χ3n) is 9.97. The van der Waals surface area contributed by atoms with Crippen molar-refractivity contribution in [3.63, 3.8) is 0 Å². The zero-order valence-electron chi connectivity index (χ0n) is 19.3. The highest BCUT2D eigenvalue weighted by Crippen LogP contribution is 2.66. The van der Waals surface area contributed by atoms with E-state index in [1.807, 2.05) is 0 Å². The number of allylic oxidation sites excluding steroid dienone is 3. The molecule has 164 valence electrons. The molecule has 0 saturated heterocycles. The summed E-state index contributed by atoms with van der Waals surface area (Å²) in [6.07, 6.45) is 17.1. The molecule has 0 amide bonds. The van der Waals surface area contributed by atoms with Gasteiger partial charge in [0.15, 0.2) is 0 Å². The molecule has 0 heterocycles. The first kappa shape index (κ1) is 21.6. The fourth-order valence-electron chi connectivity index (χ4n) is 8.04. The molecule has 4 aliphatic rings. The molecule has 2 N–H and O–H groups in total. The fraction of sp³-hybridized carbons (Fsp3) is 0.852. The Balaban J connectivity index is 1.49. The van der Waals surface area contributed by atoms with Crippen molar-refractivity contribution in [1.82, 2.24) is 0 Å². The quantitative estimate of drug-likeness (QED) is 0.551. The summed E-state index contributed by atoms with van der Waals surface area (Å²) < 4.78 is 0. The van der Waals surface area contributed by atoms with Gasteiger partial charge in [-0.2, -0.15) is 0 Å². The van der Waals surface area contributed by atoms with Crippen LogP contribution in [-0.2, 0) is 0 Å². The number of hydrogen-bond donors (Lipinski definition) is 2. The topological polar surface area (TPSA) is 40.5 Å². The van der Waals surface area contributed by atoms with Gasteiger partial charge in [0.1, 0.15) is 0 Å². The van der Waals surface area contributed by atoms with Crippen LogP contribution in [-0.4, -0.2) is 22.9 Å². The molecule has 0 aromatic rings. The smallest absolute Gasteiger partial charge is 0.0578 e. The van der Waals surface area contributed by atoms with Crippen molar-refractivity contribution in [2.24, 2.45) is 40.4 Å². The Morgan fingerprint density at radius 3 is 2.55 bits per heavy atom. The van der Waals surface area contributed by atoms with Crippen molar-refractivity contribution < 1.29 is 10.2 Å². The first-order chi connectivity index (χ1) is 13.8. The van der Waals surface area contributed by atoms with E-state index in [-0.39, 0.29) is 6.10 Å². The Bertz CT molecular complexity index is 663. The summed E-state index contributed by atoms with van der Waals surface area (Å²) >= 11 is 0. The minimum atomic E-state index is -0.122. The van der Waals surface area contributed by atoms with Crippen molar-refractivity contribution in [3.05, 3.63) is 23.3 Å². The van der Waals surface area contributed by atoms with E-state index in [2.05, 4.69) is 39.8 Å². The van der Waals surface area contributed by atoms with E-state index < -0.39 is 0 Å². The molecule has 2 unspecified atom stereocenters. The second-order valence-electron chi connectivity index (χ2n) is 11.7. The average molecular weight is 401 g/mol. The van der Waals surface area contributed by atoms with Crippen LogP contribution in [0.25, 0.3) is 0 Å². The lowest BCUT2D eigenvalue weighted by Gasteiger charge is -2.55. The van der Waals surface area contributed by atoms with Crippen LogP contribution >= 0.6 is 0 Å². The number of fused-ring (bicyclic) bond motifs is 5. The Hall–Kier alpha value is -0.600. The summed E-state index contributed by atoms with van der Waals surface area (Å²) in [7, 11) is 0. The minimum absolute atomic E-state index is 0.122. The fourth-order valence-corrected chi connectivity index (χ4v) is 8.04. The molecule has 4 aliphatic carbocycles. The van der Waals surface area contributed by atoms with E-state index in [1.54, 1.807) is 5.57 Å². The number of rotatable bonds is 6. The molecule has 0 bridgehead atoms. The molecule has 3 fully saturated rings. The van der Waals surface area contributed by atoms with Gasteiger partial charge in [0.2, 0.25) is 0 Å². The van der Waals surface area contributed by atoms with Crippen LogP contribution in [0.2, 0.25) is 0 Å². The van der Waals surface area contributed by atoms with Crippen LogP contribution in [0.1, 0.15) is 91.9 Å². The van der Waals surface area contributed by atoms with Gasteiger partial charge in [0, 0.05) is 6.61 Å². The molecule has 0 spiro atoms. The second-order valence-corrected chi connectivity index (χ2v) is 11.7. The van der Waals surface area contributed by atoms with Gasteiger partial charge < -0.3 is 10.2 Å². The predicted octanol–water partition coefficient (Wildman–Crippen LogP) is 6.28. The lowest BCUT2D eigenvalue weighted by atomic mass is 9.50. The van der Waals surface area contributed by atoms with Crippen LogP contribution in [0.4, 0.5) is 0 Å². The van der Waals surface area contributed by atoms with E-state index in [9.17, 15) is 10.2 Å². The van der Waals surface area contributed by atoms with E-state index in [0.29, 0.717) is 29.3 Å². The van der Waals surface area contributed by atoms with Gasteiger partial charge >= 0.3 is 0 Å². The third kappa shape index (κ3) is 3.67. The maximum Gasteiger partial charge on any atom is 0.0578 e. The molecule has 0 aromatic carbocycles. The molecule has 0 aliphatic heterocycles. The van der Waals surface area contributed by atoms with Crippen LogP contribution in [0.3, 0.4) is 0 Å². The molecule has 0 aromatic heterocycles. The number of aliphatic hydroxyl groups is 2. The third-order valence-corrected chi connectivity index (χ3v) is 9.97. The van der Waals surface area contributed by atoms with Gasteiger partial charge in [-0.1, -0.05) is 63.8 Å². The summed E-state index contributed by atoms with van der Waals surface area (Å²) in [5.41, 5.74) is 4.06. The van der Waals surface area contributed by atoms with Crippen LogP contribution in [0.5, 0.6) is 0 Å². The van der Waals surface area contributed by atoms with Gasteiger partial charge in [-0.05, 0) is 91.8 Å². The summed E-state index contributed by atoms with van der Waals surface area (Å²) in [6.45, 7) is 10.1. The standard InChI is InChI=1S/C27H44O2/c1-18(17-28)6-5-7-19(2)23-10-11-24-22-9-8-20-16-21(29)12-14-26(20,3)25(22)13-15-27(23,24)4/h8-9,18-19,21,23-25,28-29H,5-7,10-17H2,1-4H3/t18?,19-,21?,23-,24+,25+,26+,27-/m1/s1. The van der Waals surface area contributed by atoms with Gasteiger partial charge in [0.25, 0.3) is 0 Å². The van der Waals surface area contributed by atoms with Crippen LogP contribution in [0.15, 0.2) is 23.3 Å². The molecular formula is C27H44O2. The Kier molecular flexibility index (Phi) is 6.08. The lowest BCUT2D eigenvalue weighted by molar-refractivity contribution is 0.0321. The van der Waals surface area contributed by atoms with Crippen molar-refractivity contribution >= 4 is 0 Å². The molecule has 8 atom stereocenters. The van der Waals surface area contributed by atoms with Gasteiger partial charge in [-0.3, -0.25) is 0 Å². The van der Waals surface area contributed by atoms with E-state index in [0.717, 1.165) is 37.0 Å². The first-order valence-corrected chi connectivity index (χ1v) is 12.5. The van der Waals surface area contributed by atoms with Crippen LogP contribution in [0, 0.1) is 40.4 Å². The SMILES string of the molecule is CC(CO)CCC[C@@H](C)[C@H]1CC[C@H]2C3=CC=C4CC(O)CC[C@]4(C)[C@H]3CC[C@]12C. The summed E-state index contributed by atoms with van der Waals surface area (Å²) in [5, 5.41) is 19.5. The molecule has 29 heavy (non-hydrogen) atoms. The Labute approximate surface area is 178 Å². The monoisotopic (exact) mass is 400 g/mol. The Morgan fingerprint density at radius 2 is 1.79 bits per heavy atom. The predicted molar refractivity (Wildman–Crippen MR) is 120 cm³/mol. The molecule has 3 saturated carbocycles. The highest BCUT2D eigenvalue weighted by atomic mass is 16.3. The summed E-state index contributed by atoms with van der Waals surface area (Å²) in [4.78, 5) is 0. The van der Waals surface area contributed by atoms with Crippen molar-refractivity contribution in [2.75, 3.05) is 6.61 Å².